The zero-order chi connectivity index (χ0) is 11.5. The van der Waals surface area contributed by atoms with E-state index in [-0.39, 0.29) is 5.75 Å². The van der Waals surface area contributed by atoms with Gasteiger partial charge in [-0.15, -0.1) is 0 Å². The molecule has 0 saturated carbocycles. The summed E-state index contributed by atoms with van der Waals surface area (Å²) in [5.41, 5.74) is 5.88. The van der Waals surface area contributed by atoms with Crippen molar-refractivity contribution in [1.29, 1.82) is 0 Å². The normalized spacial score (nSPS) is 10.1. The van der Waals surface area contributed by atoms with E-state index in [1.54, 1.807) is 18.2 Å². The second kappa shape index (κ2) is 4.09. The van der Waals surface area contributed by atoms with Gasteiger partial charge in [0, 0.05) is 0 Å². The van der Waals surface area contributed by atoms with Crippen LogP contribution >= 0.6 is 0 Å². The van der Waals surface area contributed by atoms with Crippen molar-refractivity contribution >= 4 is 5.69 Å². The molecule has 4 nitrogen and oxygen atoms in total. The molecular formula is C10H7F2N3O. The van der Waals surface area contributed by atoms with Gasteiger partial charge in [0.05, 0.1) is 5.69 Å². The van der Waals surface area contributed by atoms with Gasteiger partial charge in [0.1, 0.15) is 6.33 Å². The number of hydrogen-bond donors (Lipinski definition) is 1. The van der Waals surface area contributed by atoms with E-state index < -0.39 is 17.6 Å². The first kappa shape index (κ1) is 10.3. The maximum absolute atomic E-state index is 13.2. The fraction of sp³-hybridized carbons (Fsp3) is 0. The number of ether oxygens (including phenoxy) is 1. The lowest BCUT2D eigenvalue weighted by Crippen LogP contribution is -1.99. The molecule has 6 heteroatoms. The second-order valence-electron chi connectivity index (χ2n) is 2.92. The van der Waals surface area contributed by atoms with Crippen LogP contribution in [-0.4, -0.2) is 9.97 Å². The minimum Gasteiger partial charge on any atom is -0.434 e. The number of nitrogens with zero attached hydrogens (tertiary/aromatic N) is 2. The molecule has 0 aliphatic rings. The van der Waals surface area contributed by atoms with E-state index in [2.05, 4.69) is 9.97 Å². The van der Waals surface area contributed by atoms with Crippen LogP contribution in [0.4, 0.5) is 14.5 Å². The number of nitrogens with two attached hydrogens (primary N) is 1. The van der Waals surface area contributed by atoms with Gasteiger partial charge < -0.3 is 10.5 Å². The molecule has 16 heavy (non-hydrogen) atoms. The lowest BCUT2D eigenvalue weighted by atomic mass is 10.3. The molecule has 0 spiro atoms. The Morgan fingerprint density at radius 3 is 2.62 bits per heavy atom. The number of hydrogen-bond acceptors (Lipinski definition) is 4. The Morgan fingerprint density at radius 1 is 1.12 bits per heavy atom. The summed E-state index contributed by atoms with van der Waals surface area (Å²) in [5.74, 6) is -2.80. The summed E-state index contributed by atoms with van der Waals surface area (Å²) < 4.78 is 30.9. The number of para-hydroxylation sites is 2. The standard InChI is InChI=1S/C10H7F2N3O/c11-8-9(12)14-5-15-10(8)16-7-4-2-1-3-6(7)13/h1-5H,13H2. The minimum absolute atomic E-state index is 0.208. The summed E-state index contributed by atoms with van der Waals surface area (Å²) >= 11 is 0. The second-order valence-corrected chi connectivity index (χ2v) is 2.92. The van der Waals surface area contributed by atoms with E-state index in [4.69, 9.17) is 10.5 Å². The summed E-state index contributed by atoms with van der Waals surface area (Å²) in [6, 6.07) is 6.44. The van der Waals surface area contributed by atoms with Gasteiger partial charge in [-0.25, -0.2) is 4.98 Å². The predicted octanol–water partition coefficient (Wildman–Crippen LogP) is 2.13. The Morgan fingerprint density at radius 2 is 1.88 bits per heavy atom. The largest absolute Gasteiger partial charge is 0.434 e. The van der Waals surface area contributed by atoms with E-state index in [0.29, 0.717) is 5.69 Å². The average Bonchev–Trinajstić information content (AvgIpc) is 2.28. The van der Waals surface area contributed by atoms with E-state index in [0.717, 1.165) is 6.33 Å². The smallest absolute Gasteiger partial charge is 0.262 e. The lowest BCUT2D eigenvalue weighted by Gasteiger charge is -2.07. The fourth-order valence-corrected chi connectivity index (χ4v) is 1.08. The Kier molecular flexibility index (Phi) is 2.63. The molecule has 0 aliphatic heterocycles. The van der Waals surface area contributed by atoms with Crippen molar-refractivity contribution in [2.45, 2.75) is 0 Å². The quantitative estimate of drug-likeness (QED) is 0.625. The van der Waals surface area contributed by atoms with E-state index in [1.807, 2.05) is 0 Å². The van der Waals surface area contributed by atoms with Crippen LogP contribution in [0, 0.1) is 11.8 Å². The summed E-state index contributed by atoms with van der Waals surface area (Å²) in [7, 11) is 0. The number of rotatable bonds is 2. The number of nitrogen functional groups attached to an aromatic ring is 1. The molecule has 1 aromatic carbocycles. The minimum atomic E-state index is -1.26. The number of anilines is 1. The summed E-state index contributed by atoms with van der Waals surface area (Å²) in [6.07, 6.45) is 0.868. The fourth-order valence-electron chi connectivity index (χ4n) is 1.08. The molecule has 1 aromatic heterocycles. The Balaban J connectivity index is 2.35. The van der Waals surface area contributed by atoms with Crippen molar-refractivity contribution in [1.82, 2.24) is 9.97 Å². The molecule has 0 bridgehead atoms. The first-order valence-corrected chi connectivity index (χ1v) is 4.37. The highest BCUT2D eigenvalue weighted by Gasteiger charge is 2.13. The molecule has 0 saturated heterocycles. The molecule has 1 heterocycles. The van der Waals surface area contributed by atoms with Crippen molar-refractivity contribution < 1.29 is 13.5 Å². The lowest BCUT2D eigenvalue weighted by molar-refractivity contribution is 0.387. The molecule has 2 N–H and O–H groups in total. The van der Waals surface area contributed by atoms with Crippen molar-refractivity contribution in [3.05, 3.63) is 42.4 Å². The van der Waals surface area contributed by atoms with Crippen molar-refractivity contribution in [2.24, 2.45) is 0 Å². The first-order chi connectivity index (χ1) is 7.68. The van der Waals surface area contributed by atoms with Crippen LogP contribution in [0.25, 0.3) is 0 Å². The van der Waals surface area contributed by atoms with Crippen LogP contribution in [0.3, 0.4) is 0 Å². The van der Waals surface area contributed by atoms with Crippen molar-refractivity contribution in [3.8, 4) is 11.6 Å². The molecule has 82 valence electrons. The predicted molar refractivity (Wildman–Crippen MR) is 52.9 cm³/mol. The maximum Gasteiger partial charge on any atom is 0.262 e. The summed E-state index contributed by atoms with van der Waals surface area (Å²) in [5, 5.41) is 0. The molecule has 0 aliphatic carbocycles. The Hall–Kier alpha value is -2.24. The van der Waals surface area contributed by atoms with Crippen LogP contribution in [-0.2, 0) is 0 Å². The topological polar surface area (TPSA) is 61.0 Å². The monoisotopic (exact) mass is 223 g/mol. The zero-order valence-corrected chi connectivity index (χ0v) is 8.02. The van der Waals surface area contributed by atoms with E-state index in [1.165, 1.54) is 6.07 Å². The van der Waals surface area contributed by atoms with E-state index >= 15 is 0 Å². The third-order valence-electron chi connectivity index (χ3n) is 1.84. The van der Waals surface area contributed by atoms with Crippen LogP contribution < -0.4 is 10.5 Å². The van der Waals surface area contributed by atoms with Gasteiger partial charge in [0.15, 0.2) is 5.75 Å². The van der Waals surface area contributed by atoms with Gasteiger partial charge >= 0.3 is 0 Å². The van der Waals surface area contributed by atoms with Gasteiger partial charge in [0.25, 0.3) is 11.8 Å². The summed E-state index contributed by atoms with van der Waals surface area (Å²) in [4.78, 5) is 6.51. The van der Waals surface area contributed by atoms with Crippen molar-refractivity contribution in [3.63, 3.8) is 0 Å². The van der Waals surface area contributed by atoms with Gasteiger partial charge in [-0.1, -0.05) is 12.1 Å². The van der Waals surface area contributed by atoms with E-state index in [9.17, 15) is 8.78 Å². The van der Waals surface area contributed by atoms with Crippen LogP contribution in [0.15, 0.2) is 30.6 Å². The van der Waals surface area contributed by atoms with Crippen LogP contribution in [0.2, 0.25) is 0 Å². The zero-order valence-electron chi connectivity index (χ0n) is 8.02. The highest BCUT2D eigenvalue weighted by molar-refractivity contribution is 5.53. The highest BCUT2D eigenvalue weighted by atomic mass is 19.2. The maximum atomic E-state index is 13.2. The SMILES string of the molecule is Nc1ccccc1Oc1ncnc(F)c1F. The van der Waals surface area contributed by atoms with Gasteiger partial charge in [-0.2, -0.15) is 13.8 Å². The molecule has 0 fully saturated rings. The van der Waals surface area contributed by atoms with Gasteiger partial charge in [0.2, 0.25) is 5.82 Å². The average molecular weight is 223 g/mol. The van der Waals surface area contributed by atoms with Gasteiger partial charge in [-0.05, 0) is 12.1 Å². The highest BCUT2D eigenvalue weighted by Crippen LogP contribution is 2.27. The number of halogens is 2. The molecule has 2 aromatic rings. The molecule has 0 atom stereocenters. The molecule has 2 rings (SSSR count). The third-order valence-corrected chi connectivity index (χ3v) is 1.84. The number of aromatic nitrogens is 2. The Bertz CT molecular complexity index is 519. The molecule has 0 radical (unpaired) electrons. The molecule has 0 unspecified atom stereocenters. The number of benzene rings is 1. The van der Waals surface area contributed by atoms with Crippen LogP contribution in [0.1, 0.15) is 0 Å². The first-order valence-electron chi connectivity index (χ1n) is 4.37. The van der Waals surface area contributed by atoms with Crippen molar-refractivity contribution in [2.75, 3.05) is 5.73 Å². The Labute approximate surface area is 89.7 Å². The molecular weight excluding hydrogens is 216 g/mol. The van der Waals surface area contributed by atoms with Gasteiger partial charge in [-0.3, -0.25) is 0 Å². The van der Waals surface area contributed by atoms with Crippen LogP contribution in [0.5, 0.6) is 11.6 Å². The molecule has 0 amide bonds. The third kappa shape index (κ3) is 1.90. The summed E-state index contributed by atoms with van der Waals surface area (Å²) in [6.45, 7) is 0.